The Morgan fingerprint density at radius 3 is 2.76 bits per heavy atom. The van der Waals surface area contributed by atoms with Gasteiger partial charge in [0.2, 0.25) is 0 Å². The summed E-state index contributed by atoms with van der Waals surface area (Å²) in [4.78, 5) is 4.16. The molecule has 1 aliphatic rings. The lowest BCUT2D eigenvalue weighted by Crippen LogP contribution is -2.42. The van der Waals surface area contributed by atoms with Crippen molar-refractivity contribution in [2.45, 2.75) is 32.3 Å². The van der Waals surface area contributed by atoms with E-state index in [0.29, 0.717) is 12.5 Å². The molecule has 1 unspecified atom stereocenters. The largest absolute Gasteiger partial charge is 0.486 e. The number of nitrogens with zero attached hydrogens (tertiary/aromatic N) is 1. The third-order valence-electron chi connectivity index (χ3n) is 3.75. The van der Waals surface area contributed by atoms with E-state index in [1.165, 1.54) is 18.9 Å². The molecule has 0 radical (unpaired) electrons. The van der Waals surface area contributed by atoms with Crippen LogP contribution in [0.25, 0.3) is 0 Å². The number of guanidine groups is 1. The maximum atomic E-state index is 13.5. The van der Waals surface area contributed by atoms with Gasteiger partial charge in [-0.1, -0.05) is 12.1 Å². The van der Waals surface area contributed by atoms with Crippen molar-refractivity contribution >= 4 is 29.9 Å². The zero-order chi connectivity index (χ0) is 17.2. The minimum absolute atomic E-state index is 0. The van der Waals surface area contributed by atoms with Crippen LogP contribution in [0, 0.1) is 11.7 Å². The molecule has 2 N–H and O–H groups in total. The number of hydrogen-bond donors (Lipinski definition) is 2. The summed E-state index contributed by atoms with van der Waals surface area (Å²) in [6.45, 7) is 4.89. The van der Waals surface area contributed by atoms with Gasteiger partial charge in [0.25, 0.3) is 0 Å². The second kappa shape index (κ2) is 12.3. The van der Waals surface area contributed by atoms with Gasteiger partial charge in [-0.25, -0.2) is 4.39 Å². The van der Waals surface area contributed by atoms with E-state index in [4.69, 9.17) is 9.47 Å². The first-order valence-corrected chi connectivity index (χ1v) is 8.62. The van der Waals surface area contributed by atoms with Crippen molar-refractivity contribution in [3.05, 3.63) is 30.1 Å². The van der Waals surface area contributed by atoms with Gasteiger partial charge in [-0.2, -0.15) is 0 Å². The van der Waals surface area contributed by atoms with Gasteiger partial charge in [-0.05, 0) is 44.2 Å². The summed E-state index contributed by atoms with van der Waals surface area (Å²) in [5, 5.41) is 6.41. The van der Waals surface area contributed by atoms with Gasteiger partial charge < -0.3 is 20.1 Å². The standard InChI is InChI=1S/C18H28FN3O2.HI/c1-14(24-17-7-4-3-6-16(17)19)12-22-18(20-2)21-10-5-11-23-13-15-8-9-15;/h3-4,6-7,14-15H,5,8-13H2,1-2H3,(H2,20,21,22);1H. The van der Waals surface area contributed by atoms with Crippen molar-refractivity contribution in [2.75, 3.05) is 33.4 Å². The van der Waals surface area contributed by atoms with Crippen LogP contribution in [0.5, 0.6) is 5.75 Å². The van der Waals surface area contributed by atoms with Crippen molar-refractivity contribution in [3.63, 3.8) is 0 Å². The number of benzene rings is 1. The minimum atomic E-state index is -0.349. The quantitative estimate of drug-likeness (QED) is 0.241. The molecule has 1 aliphatic carbocycles. The highest BCUT2D eigenvalue weighted by Crippen LogP contribution is 2.28. The Morgan fingerprint density at radius 2 is 2.08 bits per heavy atom. The summed E-state index contributed by atoms with van der Waals surface area (Å²) < 4.78 is 24.7. The fourth-order valence-electron chi connectivity index (χ4n) is 2.18. The van der Waals surface area contributed by atoms with Crippen molar-refractivity contribution in [1.82, 2.24) is 10.6 Å². The molecule has 0 spiro atoms. The SMILES string of the molecule is CN=C(NCCCOCC1CC1)NCC(C)Oc1ccccc1F.I. The summed E-state index contributed by atoms with van der Waals surface area (Å²) in [5.41, 5.74) is 0. The van der Waals surface area contributed by atoms with E-state index < -0.39 is 0 Å². The van der Waals surface area contributed by atoms with Crippen LogP contribution in [-0.4, -0.2) is 45.4 Å². The first-order chi connectivity index (χ1) is 11.7. The predicted molar refractivity (Wildman–Crippen MR) is 109 cm³/mol. The molecule has 1 atom stereocenters. The lowest BCUT2D eigenvalue weighted by atomic mass is 10.3. The van der Waals surface area contributed by atoms with E-state index in [2.05, 4.69) is 15.6 Å². The summed E-state index contributed by atoms with van der Waals surface area (Å²) >= 11 is 0. The number of hydrogen-bond acceptors (Lipinski definition) is 3. The van der Waals surface area contributed by atoms with Gasteiger partial charge in [0.05, 0.1) is 6.54 Å². The van der Waals surface area contributed by atoms with E-state index >= 15 is 0 Å². The molecule has 0 amide bonds. The molecule has 1 fully saturated rings. The molecule has 0 heterocycles. The van der Waals surface area contributed by atoms with Crippen LogP contribution in [0.4, 0.5) is 4.39 Å². The van der Waals surface area contributed by atoms with E-state index in [0.717, 1.165) is 32.1 Å². The maximum Gasteiger partial charge on any atom is 0.191 e. The second-order valence-corrected chi connectivity index (χ2v) is 6.11. The summed E-state index contributed by atoms with van der Waals surface area (Å²) in [6, 6.07) is 6.41. The topological polar surface area (TPSA) is 54.9 Å². The number of aliphatic imine (C=N–C) groups is 1. The van der Waals surface area contributed by atoms with Crippen LogP contribution in [0.15, 0.2) is 29.3 Å². The Labute approximate surface area is 166 Å². The zero-order valence-corrected chi connectivity index (χ0v) is 17.3. The van der Waals surface area contributed by atoms with Gasteiger partial charge >= 0.3 is 0 Å². The molecule has 1 saturated carbocycles. The number of halogens is 2. The highest BCUT2D eigenvalue weighted by Gasteiger charge is 2.20. The molecule has 142 valence electrons. The van der Waals surface area contributed by atoms with Crippen LogP contribution < -0.4 is 15.4 Å². The second-order valence-electron chi connectivity index (χ2n) is 6.11. The smallest absolute Gasteiger partial charge is 0.191 e. The number of nitrogens with one attached hydrogen (secondary N) is 2. The van der Waals surface area contributed by atoms with E-state index in [1.54, 1.807) is 25.2 Å². The Morgan fingerprint density at radius 1 is 1.32 bits per heavy atom. The van der Waals surface area contributed by atoms with E-state index in [1.807, 2.05) is 6.92 Å². The Balaban J connectivity index is 0.00000312. The van der Waals surface area contributed by atoms with Crippen molar-refractivity contribution in [1.29, 1.82) is 0 Å². The van der Waals surface area contributed by atoms with Gasteiger partial charge in [0.15, 0.2) is 17.5 Å². The lowest BCUT2D eigenvalue weighted by Gasteiger charge is -2.18. The average Bonchev–Trinajstić information content (AvgIpc) is 3.40. The molecule has 1 aromatic carbocycles. The Bertz CT molecular complexity index is 527. The van der Waals surface area contributed by atoms with Crippen LogP contribution in [-0.2, 0) is 4.74 Å². The van der Waals surface area contributed by atoms with Crippen LogP contribution in [0.3, 0.4) is 0 Å². The third-order valence-corrected chi connectivity index (χ3v) is 3.75. The average molecular weight is 465 g/mol. The Hall–Kier alpha value is -1.09. The van der Waals surface area contributed by atoms with Gasteiger partial charge in [-0.15, -0.1) is 24.0 Å². The number of ether oxygens (including phenoxy) is 2. The van der Waals surface area contributed by atoms with E-state index in [-0.39, 0.29) is 41.6 Å². The molecule has 5 nitrogen and oxygen atoms in total. The first kappa shape index (κ1) is 22.0. The van der Waals surface area contributed by atoms with Crippen LogP contribution in [0.2, 0.25) is 0 Å². The van der Waals surface area contributed by atoms with Crippen LogP contribution >= 0.6 is 24.0 Å². The van der Waals surface area contributed by atoms with Gasteiger partial charge in [0.1, 0.15) is 6.10 Å². The number of para-hydroxylation sites is 1. The first-order valence-electron chi connectivity index (χ1n) is 8.62. The Kier molecular flexibility index (Phi) is 10.8. The fraction of sp³-hybridized carbons (Fsp3) is 0.611. The molecule has 0 saturated heterocycles. The molecular weight excluding hydrogens is 436 g/mol. The summed E-state index contributed by atoms with van der Waals surface area (Å²) in [6.07, 6.45) is 3.40. The fourth-order valence-corrected chi connectivity index (χ4v) is 2.18. The molecule has 2 rings (SSSR count). The number of rotatable bonds is 10. The molecule has 0 aliphatic heterocycles. The van der Waals surface area contributed by atoms with E-state index in [9.17, 15) is 4.39 Å². The predicted octanol–water partition coefficient (Wildman–Crippen LogP) is 3.19. The molecule has 25 heavy (non-hydrogen) atoms. The van der Waals surface area contributed by atoms with Crippen molar-refractivity contribution in [2.24, 2.45) is 10.9 Å². The van der Waals surface area contributed by atoms with Gasteiger partial charge in [0, 0.05) is 26.8 Å². The lowest BCUT2D eigenvalue weighted by molar-refractivity contribution is 0.123. The summed E-state index contributed by atoms with van der Waals surface area (Å²) in [7, 11) is 1.72. The normalized spacial score (nSPS) is 15.2. The van der Waals surface area contributed by atoms with Gasteiger partial charge in [-0.3, -0.25) is 4.99 Å². The third kappa shape index (κ3) is 9.25. The molecule has 1 aromatic rings. The highest BCUT2D eigenvalue weighted by atomic mass is 127. The zero-order valence-electron chi connectivity index (χ0n) is 15.0. The summed E-state index contributed by atoms with van der Waals surface area (Å²) in [5.74, 6) is 1.44. The molecule has 7 heteroatoms. The monoisotopic (exact) mass is 465 g/mol. The molecule has 0 bridgehead atoms. The minimum Gasteiger partial charge on any atom is -0.486 e. The van der Waals surface area contributed by atoms with Crippen LogP contribution in [0.1, 0.15) is 26.2 Å². The molecular formula is C18H29FIN3O2. The maximum absolute atomic E-state index is 13.5. The highest BCUT2D eigenvalue weighted by molar-refractivity contribution is 14.0. The molecule has 0 aromatic heterocycles. The van der Waals surface area contributed by atoms with Crippen molar-refractivity contribution < 1.29 is 13.9 Å². The van der Waals surface area contributed by atoms with Crippen molar-refractivity contribution in [3.8, 4) is 5.75 Å².